The zero-order valence-electron chi connectivity index (χ0n) is 3.82. The summed E-state index contributed by atoms with van der Waals surface area (Å²) in [5, 5.41) is 9.30. The van der Waals surface area contributed by atoms with E-state index < -0.39 is 0 Å². The van der Waals surface area contributed by atoms with Crippen LogP contribution >= 0.6 is 0 Å². The minimum absolute atomic E-state index is 0. The molecule has 0 N–H and O–H groups in total. The van der Waals surface area contributed by atoms with Crippen LogP contribution in [0.25, 0.3) is 0 Å². The van der Waals surface area contributed by atoms with Gasteiger partial charge in [-0.3, -0.25) is 0 Å². The molecule has 0 aliphatic heterocycles. The van der Waals surface area contributed by atoms with E-state index in [0.29, 0.717) is 0 Å². The summed E-state index contributed by atoms with van der Waals surface area (Å²) in [6.07, 6.45) is 0.764. The first-order valence-corrected chi connectivity index (χ1v) is 1.50. The summed E-state index contributed by atoms with van der Waals surface area (Å²) in [5.41, 5.74) is 0. The van der Waals surface area contributed by atoms with Crippen LogP contribution < -0.4 is 63.3 Å². The van der Waals surface area contributed by atoms with Crippen LogP contribution in [0.1, 0.15) is 28.2 Å². The van der Waals surface area contributed by atoms with Gasteiger partial charge in [0.25, 0.3) is 0 Å². The first-order chi connectivity index (χ1) is 1.91. The molecule has 0 aliphatic rings. The Hall–Kier alpha value is 1.77. The molecule has 0 saturated heterocycles. The van der Waals surface area contributed by atoms with Crippen LogP contribution in [-0.4, -0.2) is 6.61 Å². The van der Waals surface area contributed by atoms with Gasteiger partial charge < -0.3 is 5.11 Å². The van der Waals surface area contributed by atoms with Gasteiger partial charge >= 0.3 is 58.2 Å². The van der Waals surface area contributed by atoms with E-state index >= 15 is 0 Å². The maximum atomic E-state index is 9.30. The van der Waals surface area contributed by atoms with E-state index in [4.69, 9.17) is 0 Å². The molecule has 0 aromatic rings. The van der Waals surface area contributed by atoms with Gasteiger partial charge in [0.2, 0.25) is 0 Å². The Labute approximate surface area is 96.3 Å². The molecule has 2 heteroatoms. The fraction of sp³-hybridized carbons (Fsp3) is 1.00. The topological polar surface area (TPSA) is 23.1 Å². The van der Waals surface area contributed by atoms with E-state index in [1.54, 1.807) is 0 Å². The summed E-state index contributed by atoms with van der Waals surface area (Å²) < 4.78 is 0. The van der Waals surface area contributed by atoms with Gasteiger partial charge in [0.05, 0.1) is 0 Å². The normalized spacial score (nSPS) is 4.29. The third kappa shape index (κ3) is 33.8. The van der Waals surface area contributed by atoms with E-state index in [1.807, 2.05) is 6.92 Å². The van der Waals surface area contributed by atoms with Gasteiger partial charge in [-0.15, -0.1) is 6.61 Å². The van der Waals surface area contributed by atoms with Crippen LogP contribution in [0.3, 0.4) is 0 Å². The van der Waals surface area contributed by atoms with Gasteiger partial charge in [-0.05, 0) is 0 Å². The summed E-state index contributed by atoms with van der Waals surface area (Å²) >= 11 is 0. The SMILES string of the molecule is C.C.CCC[O-].[Rb+]. The summed E-state index contributed by atoms with van der Waals surface area (Å²) in [4.78, 5) is 0. The van der Waals surface area contributed by atoms with Crippen molar-refractivity contribution in [3.63, 3.8) is 0 Å². The molecular weight excluding hydrogens is 162 g/mol. The van der Waals surface area contributed by atoms with Gasteiger partial charge in [-0.1, -0.05) is 28.2 Å². The number of rotatable bonds is 1. The monoisotopic (exact) mass is 176 g/mol. The standard InChI is InChI=1S/C3H7O.2CH4.Rb/c1-2-3-4;;;/h2-3H2,1H3;2*1H4;/q-1;;;+1. The second-order valence-electron chi connectivity index (χ2n) is 0.704. The maximum Gasteiger partial charge on any atom is 1.00 e. The molecule has 42 valence electrons. The van der Waals surface area contributed by atoms with E-state index in [-0.39, 0.29) is 79.6 Å². The Balaban J connectivity index is -0.0000000150. The predicted molar refractivity (Wildman–Crippen MR) is 28.6 cm³/mol. The molecule has 0 bridgehead atoms. The van der Waals surface area contributed by atoms with Gasteiger partial charge in [0.1, 0.15) is 0 Å². The molecule has 0 unspecified atom stereocenters. The van der Waals surface area contributed by atoms with Gasteiger partial charge in [0, 0.05) is 0 Å². The third-order valence-corrected chi connectivity index (χ3v) is 0.204. The zero-order valence-corrected chi connectivity index (χ0v) is 8.74. The van der Waals surface area contributed by atoms with Crippen LogP contribution in [0.5, 0.6) is 0 Å². The number of hydrogen-bond acceptors (Lipinski definition) is 1. The van der Waals surface area contributed by atoms with E-state index in [2.05, 4.69) is 0 Å². The molecule has 0 heterocycles. The first-order valence-electron chi connectivity index (χ1n) is 1.50. The Bertz CT molecular complexity index is 10.0. The molecule has 0 amide bonds. The fourth-order valence-corrected chi connectivity index (χ4v) is 0. The predicted octanol–water partition coefficient (Wildman–Crippen LogP) is -1.97. The quantitative estimate of drug-likeness (QED) is 0.455. The van der Waals surface area contributed by atoms with Crippen molar-refractivity contribution in [2.24, 2.45) is 0 Å². The molecule has 0 rings (SSSR count). The van der Waals surface area contributed by atoms with Crippen molar-refractivity contribution < 1.29 is 63.3 Å². The molecule has 0 atom stereocenters. The molecule has 7 heavy (non-hydrogen) atoms. The van der Waals surface area contributed by atoms with Crippen LogP contribution in [0, 0.1) is 0 Å². The van der Waals surface area contributed by atoms with Crippen LogP contribution in [0.15, 0.2) is 0 Å². The van der Waals surface area contributed by atoms with E-state index in [1.165, 1.54) is 0 Å². The molecule has 1 nitrogen and oxygen atoms in total. The molecule has 0 aromatic carbocycles. The van der Waals surface area contributed by atoms with Crippen molar-refractivity contribution in [2.75, 3.05) is 6.61 Å². The average molecular weight is 177 g/mol. The summed E-state index contributed by atoms with van der Waals surface area (Å²) in [6, 6.07) is 0. The Kier molecular flexibility index (Phi) is 83.4. The Morgan fingerprint density at radius 2 is 1.43 bits per heavy atom. The van der Waals surface area contributed by atoms with Crippen molar-refractivity contribution >= 4 is 0 Å². The summed E-state index contributed by atoms with van der Waals surface area (Å²) in [6.45, 7) is 1.94. The minimum atomic E-state index is 0. The van der Waals surface area contributed by atoms with E-state index in [0.717, 1.165) is 6.42 Å². The Morgan fingerprint density at radius 1 is 1.29 bits per heavy atom. The summed E-state index contributed by atoms with van der Waals surface area (Å²) in [7, 11) is 0. The van der Waals surface area contributed by atoms with Crippen molar-refractivity contribution in [2.45, 2.75) is 28.2 Å². The van der Waals surface area contributed by atoms with Crippen molar-refractivity contribution in [3.8, 4) is 0 Å². The molecule has 0 aliphatic carbocycles. The minimum Gasteiger partial charge on any atom is -0.854 e. The van der Waals surface area contributed by atoms with Crippen molar-refractivity contribution in [1.82, 2.24) is 0 Å². The zero-order chi connectivity index (χ0) is 3.41. The molecule has 0 spiro atoms. The molecule has 0 fully saturated rings. The fourth-order valence-electron chi connectivity index (χ4n) is 0. The first kappa shape index (κ1) is 23.3. The third-order valence-electron chi connectivity index (χ3n) is 0.204. The second kappa shape index (κ2) is 25.1. The van der Waals surface area contributed by atoms with Crippen molar-refractivity contribution in [1.29, 1.82) is 0 Å². The smallest absolute Gasteiger partial charge is 0.854 e. The van der Waals surface area contributed by atoms with Crippen LogP contribution in [0.4, 0.5) is 0 Å². The Morgan fingerprint density at radius 3 is 1.43 bits per heavy atom. The molecule has 0 radical (unpaired) electrons. The van der Waals surface area contributed by atoms with Gasteiger partial charge in [0.15, 0.2) is 0 Å². The summed E-state index contributed by atoms with van der Waals surface area (Å²) in [5.74, 6) is 0. The molecule has 0 saturated carbocycles. The molecular formula is C5H15ORb. The largest absolute Gasteiger partial charge is 1.00 e. The maximum absolute atomic E-state index is 9.30. The number of hydrogen-bond donors (Lipinski definition) is 0. The molecule has 0 aromatic heterocycles. The second-order valence-corrected chi connectivity index (χ2v) is 0.704. The van der Waals surface area contributed by atoms with E-state index in [9.17, 15) is 5.11 Å². The van der Waals surface area contributed by atoms with Crippen LogP contribution in [-0.2, 0) is 0 Å². The average Bonchev–Trinajstić information content (AvgIpc) is 1.37. The van der Waals surface area contributed by atoms with Gasteiger partial charge in [-0.2, -0.15) is 0 Å². The van der Waals surface area contributed by atoms with Crippen LogP contribution in [0.2, 0.25) is 0 Å². The van der Waals surface area contributed by atoms with Gasteiger partial charge in [-0.25, -0.2) is 0 Å². The van der Waals surface area contributed by atoms with Crippen molar-refractivity contribution in [3.05, 3.63) is 0 Å².